The van der Waals surface area contributed by atoms with Gasteiger partial charge in [0, 0.05) is 6.54 Å². The number of aliphatic hydroxyl groups is 1. The fraction of sp³-hybridized carbons (Fsp3) is 1.00. The van der Waals surface area contributed by atoms with E-state index in [9.17, 15) is 5.11 Å². The Hall–Kier alpha value is 0.0969. The third-order valence-corrected chi connectivity index (χ3v) is 1.64. The maximum atomic E-state index is 9.29. The van der Waals surface area contributed by atoms with E-state index in [0.717, 1.165) is 0 Å². The molecule has 0 atom stereocenters. The highest BCUT2D eigenvalue weighted by atomic mass is 28.4. The molecular formula is C7H19NO2Si. The molecule has 0 aromatic rings. The molecule has 0 saturated heterocycles. The van der Waals surface area contributed by atoms with Crippen molar-refractivity contribution in [2.75, 3.05) is 6.54 Å². The van der Waals surface area contributed by atoms with Crippen LogP contribution in [0, 0.1) is 0 Å². The van der Waals surface area contributed by atoms with Crippen LogP contribution in [0.4, 0.5) is 0 Å². The molecule has 0 spiro atoms. The maximum Gasteiger partial charge on any atom is 0.211 e. The van der Waals surface area contributed by atoms with Gasteiger partial charge >= 0.3 is 0 Å². The Morgan fingerprint density at radius 2 is 1.82 bits per heavy atom. The molecule has 4 heteroatoms. The van der Waals surface area contributed by atoms with Crippen molar-refractivity contribution in [1.29, 1.82) is 0 Å². The van der Waals surface area contributed by atoms with Gasteiger partial charge in [0.05, 0.1) is 5.60 Å². The molecule has 68 valence electrons. The largest absolute Gasteiger partial charge is 0.389 e. The quantitative estimate of drug-likeness (QED) is 0.499. The van der Waals surface area contributed by atoms with Crippen molar-refractivity contribution >= 4 is 8.32 Å². The van der Waals surface area contributed by atoms with Gasteiger partial charge < -0.3 is 9.63 Å². The van der Waals surface area contributed by atoms with Crippen LogP contribution in [0.25, 0.3) is 0 Å². The van der Waals surface area contributed by atoms with Gasteiger partial charge in [-0.1, -0.05) is 0 Å². The zero-order chi connectivity index (χ0) is 9.12. The lowest BCUT2D eigenvalue weighted by molar-refractivity contribution is 0.0392. The number of nitrogens with one attached hydrogen (secondary N) is 1. The third-order valence-electron chi connectivity index (χ3n) is 0.883. The lowest BCUT2D eigenvalue weighted by atomic mass is 10.1. The number of hydroxylamine groups is 1. The number of hydrogen-bond donors (Lipinski definition) is 2. The van der Waals surface area contributed by atoms with Crippen molar-refractivity contribution < 1.29 is 9.63 Å². The summed E-state index contributed by atoms with van der Waals surface area (Å²) < 4.78 is 5.33. The summed E-state index contributed by atoms with van der Waals surface area (Å²) >= 11 is 0. The average molecular weight is 177 g/mol. The zero-order valence-electron chi connectivity index (χ0n) is 8.06. The molecule has 0 aromatic heterocycles. The molecule has 0 heterocycles. The van der Waals surface area contributed by atoms with Crippen LogP contribution in [0.5, 0.6) is 0 Å². The molecule has 2 N–H and O–H groups in total. The van der Waals surface area contributed by atoms with Gasteiger partial charge in [-0.15, -0.1) is 0 Å². The van der Waals surface area contributed by atoms with Crippen LogP contribution in [0.2, 0.25) is 19.6 Å². The summed E-state index contributed by atoms with van der Waals surface area (Å²) in [6.45, 7) is 10.2. The first kappa shape index (κ1) is 11.1. The maximum absolute atomic E-state index is 9.29. The van der Waals surface area contributed by atoms with Crippen molar-refractivity contribution in [2.24, 2.45) is 0 Å². The molecule has 0 rings (SSSR count). The molecule has 11 heavy (non-hydrogen) atoms. The highest BCUT2D eigenvalue weighted by Gasteiger charge is 2.17. The summed E-state index contributed by atoms with van der Waals surface area (Å²) in [5, 5.41) is 9.29. The molecule has 0 aliphatic rings. The molecule has 0 aliphatic carbocycles. The summed E-state index contributed by atoms with van der Waals surface area (Å²) in [7, 11) is -1.48. The molecule has 0 aliphatic heterocycles. The first-order valence-electron chi connectivity index (χ1n) is 3.84. The van der Waals surface area contributed by atoms with Gasteiger partial charge in [0.2, 0.25) is 8.32 Å². The van der Waals surface area contributed by atoms with E-state index in [2.05, 4.69) is 25.1 Å². The van der Waals surface area contributed by atoms with E-state index < -0.39 is 13.9 Å². The van der Waals surface area contributed by atoms with Crippen LogP contribution in [-0.4, -0.2) is 25.6 Å². The van der Waals surface area contributed by atoms with E-state index in [1.807, 2.05) is 0 Å². The number of hydrogen-bond acceptors (Lipinski definition) is 3. The van der Waals surface area contributed by atoms with E-state index in [1.165, 1.54) is 0 Å². The molecule has 0 unspecified atom stereocenters. The molecule has 0 aromatic carbocycles. The van der Waals surface area contributed by atoms with Gasteiger partial charge in [0.1, 0.15) is 0 Å². The standard InChI is InChI=1S/C7H19NO2Si/c1-7(2,9)6-8-10-11(3,4)5/h8-9H,6H2,1-5H3. The minimum Gasteiger partial charge on any atom is -0.389 e. The molecule has 0 radical (unpaired) electrons. The van der Waals surface area contributed by atoms with Gasteiger partial charge in [-0.05, 0) is 33.5 Å². The first-order valence-corrected chi connectivity index (χ1v) is 7.25. The second-order valence-electron chi connectivity index (χ2n) is 4.35. The highest BCUT2D eigenvalue weighted by molar-refractivity contribution is 6.69. The van der Waals surface area contributed by atoms with Gasteiger partial charge in [0.15, 0.2) is 0 Å². The average Bonchev–Trinajstić information content (AvgIpc) is 1.55. The van der Waals surface area contributed by atoms with Gasteiger partial charge in [-0.25, -0.2) is 5.48 Å². The van der Waals surface area contributed by atoms with Crippen molar-refractivity contribution in [3.05, 3.63) is 0 Å². The molecular weight excluding hydrogens is 158 g/mol. The Kier molecular flexibility index (Phi) is 3.70. The molecule has 0 bridgehead atoms. The lowest BCUT2D eigenvalue weighted by Gasteiger charge is -2.22. The van der Waals surface area contributed by atoms with E-state index in [4.69, 9.17) is 4.53 Å². The summed E-state index contributed by atoms with van der Waals surface area (Å²) in [5.41, 5.74) is 2.08. The minimum atomic E-state index is -1.48. The normalized spacial score (nSPS) is 13.6. The molecule has 0 fully saturated rings. The van der Waals surface area contributed by atoms with Gasteiger partial charge in [-0.2, -0.15) is 0 Å². The fourth-order valence-corrected chi connectivity index (χ4v) is 0.934. The van der Waals surface area contributed by atoms with Gasteiger partial charge in [0.25, 0.3) is 0 Å². The summed E-state index contributed by atoms with van der Waals surface area (Å²) in [6, 6.07) is 0. The summed E-state index contributed by atoms with van der Waals surface area (Å²) in [4.78, 5) is 0. The topological polar surface area (TPSA) is 41.5 Å². The monoisotopic (exact) mass is 177 g/mol. The van der Waals surface area contributed by atoms with Crippen molar-refractivity contribution in [3.63, 3.8) is 0 Å². The van der Waals surface area contributed by atoms with Crippen LogP contribution in [0.3, 0.4) is 0 Å². The highest BCUT2D eigenvalue weighted by Crippen LogP contribution is 2.02. The van der Waals surface area contributed by atoms with Crippen LogP contribution in [0.15, 0.2) is 0 Å². The van der Waals surface area contributed by atoms with E-state index in [-0.39, 0.29) is 0 Å². The van der Waals surface area contributed by atoms with Crippen LogP contribution >= 0.6 is 0 Å². The Labute approximate surface area is 69.8 Å². The van der Waals surface area contributed by atoms with Crippen LogP contribution < -0.4 is 5.48 Å². The SMILES string of the molecule is CC(C)(O)CNO[Si](C)(C)C. The number of rotatable bonds is 4. The van der Waals surface area contributed by atoms with E-state index >= 15 is 0 Å². The first-order chi connectivity index (χ1) is 4.71. The summed E-state index contributed by atoms with van der Waals surface area (Å²) in [5.74, 6) is 0. The second kappa shape index (κ2) is 3.67. The van der Waals surface area contributed by atoms with Crippen molar-refractivity contribution in [1.82, 2.24) is 5.48 Å². The Morgan fingerprint density at radius 3 is 2.09 bits per heavy atom. The van der Waals surface area contributed by atoms with Gasteiger partial charge in [-0.3, -0.25) is 0 Å². The Balaban J connectivity index is 3.44. The Bertz CT molecular complexity index is 101. The van der Waals surface area contributed by atoms with E-state index in [1.54, 1.807) is 13.8 Å². The molecule has 0 saturated carbocycles. The van der Waals surface area contributed by atoms with Crippen LogP contribution in [-0.2, 0) is 4.53 Å². The van der Waals surface area contributed by atoms with Crippen molar-refractivity contribution in [3.8, 4) is 0 Å². The zero-order valence-corrected chi connectivity index (χ0v) is 9.06. The Morgan fingerprint density at radius 1 is 1.36 bits per heavy atom. The lowest BCUT2D eigenvalue weighted by Crippen LogP contribution is -2.41. The predicted octanol–water partition coefficient (Wildman–Crippen LogP) is 1.11. The third kappa shape index (κ3) is 10.1. The van der Waals surface area contributed by atoms with Crippen molar-refractivity contribution in [2.45, 2.75) is 39.1 Å². The fourth-order valence-electron chi connectivity index (χ4n) is 0.429. The van der Waals surface area contributed by atoms with E-state index in [0.29, 0.717) is 6.54 Å². The molecule has 3 nitrogen and oxygen atoms in total. The summed E-state index contributed by atoms with van der Waals surface area (Å²) in [6.07, 6.45) is 0. The van der Waals surface area contributed by atoms with Crippen LogP contribution in [0.1, 0.15) is 13.8 Å². The minimum absolute atomic E-state index is 0.470. The second-order valence-corrected chi connectivity index (χ2v) is 8.78. The predicted molar refractivity (Wildman–Crippen MR) is 48.7 cm³/mol. The molecule has 0 amide bonds. The smallest absolute Gasteiger partial charge is 0.211 e.